The molecule has 0 N–H and O–H groups in total. The first-order chi connectivity index (χ1) is 20.3. The summed E-state index contributed by atoms with van der Waals surface area (Å²) in [5.41, 5.74) is 2.48. The van der Waals surface area contributed by atoms with Gasteiger partial charge in [0.25, 0.3) is 0 Å². The highest BCUT2D eigenvalue weighted by atomic mass is 32.2. The van der Waals surface area contributed by atoms with Crippen LogP contribution >= 0.6 is 11.8 Å². The van der Waals surface area contributed by atoms with Crippen molar-refractivity contribution >= 4 is 34.8 Å². The van der Waals surface area contributed by atoms with Crippen molar-refractivity contribution in [3.05, 3.63) is 103 Å². The van der Waals surface area contributed by atoms with Gasteiger partial charge in [-0.25, -0.2) is 9.59 Å². The molecular formula is C32H30O9S. The van der Waals surface area contributed by atoms with Crippen molar-refractivity contribution in [2.75, 3.05) is 26.9 Å². The number of hydrogen-bond donors (Lipinski definition) is 0. The Morgan fingerprint density at radius 3 is 2.00 bits per heavy atom. The third-order valence-corrected chi connectivity index (χ3v) is 6.51. The summed E-state index contributed by atoms with van der Waals surface area (Å²) in [6.45, 7) is 7.04. The SMILES string of the molecule is C=COC(=O)COc1ccc(-c2ccc(SC(=O)c3ccc(OCCCOC(=O)C(=C)CC(=O)OC)cc3)cc2)cc1. The van der Waals surface area contributed by atoms with Crippen LogP contribution < -0.4 is 9.47 Å². The van der Waals surface area contributed by atoms with E-state index < -0.39 is 17.9 Å². The summed E-state index contributed by atoms with van der Waals surface area (Å²) in [6.07, 6.45) is 1.28. The Morgan fingerprint density at radius 2 is 1.38 bits per heavy atom. The van der Waals surface area contributed by atoms with Crippen molar-refractivity contribution in [3.8, 4) is 22.6 Å². The second-order valence-electron chi connectivity index (χ2n) is 8.60. The Morgan fingerprint density at radius 1 is 0.786 bits per heavy atom. The van der Waals surface area contributed by atoms with Crippen LogP contribution in [0.1, 0.15) is 23.2 Å². The molecule has 218 valence electrons. The second kappa shape index (κ2) is 16.4. The summed E-state index contributed by atoms with van der Waals surface area (Å²) >= 11 is 1.12. The first-order valence-corrected chi connectivity index (χ1v) is 13.6. The second-order valence-corrected chi connectivity index (χ2v) is 9.65. The molecule has 3 aromatic carbocycles. The molecule has 9 nitrogen and oxygen atoms in total. The minimum Gasteiger partial charge on any atom is -0.493 e. The molecule has 0 radical (unpaired) electrons. The van der Waals surface area contributed by atoms with Crippen LogP contribution in [0.4, 0.5) is 0 Å². The van der Waals surface area contributed by atoms with Gasteiger partial charge < -0.3 is 23.7 Å². The standard InChI is InChI=1S/C32H30O9S/c1-4-38-30(34)21-41-27-12-6-23(7-13-27)24-10-16-28(17-11-24)42-32(36)25-8-14-26(15-9-25)39-18-5-19-40-31(35)22(2)20-29(33)37-3/h4,6-17H,1-2,5,18-21H2,3H3. The smallest absolute Gasteiger partial charge is 0.348 e. The molecule has 0 amide bonds. The molecule has 0 saturated carbocycles. The normalized spacial score (nSPS) is 10.2. The maximum Gasteiger partial charge on any atom is 0.348 e. The monoisotopic (exact) mass is 590 g/mol. The number of hydrogen-bond acceptors (Lipinski definition) is 10. The Hall–Kier alpha value is -4.83. The van der Waals surface area contributed by atoms with Crippen LogP contribution in [0.3, 0.4) is 0 Å². The van der Waals surface area contributed by atoms with Crippen LogP contribution in [0.25, 0.3) is 11.1 Å². The lowest BCUT2D eigenvalue weighted by atomic mass is 10.1. The first kappa shape index (κ1) is 31.7. The Bertz CT molecular complexity index is 1400. The molecule has 3 aromatic rings. The summed E-state index contributed by atoms with van der Waals surface area (Å²) in [4.78, 5) is 47.9. The van der Waals surface area contributed by atoms with Gasteiger partial charge in [-0.05, 0) is 71.4 Å². The van der Waals surface area contributed by atoms with Crippen molar-refractivity contribution in [3.63, 3.8) is 0 Å². The lowest BCUT2D eigenvalue weighted by Gasteiger charge is -2.09. The summed E-state index contributed by atoms with van der Waals surface area (Å²) in [5, 5.41) is -0.107. The Balaban J connectivity index is 1.41. The lowest BCUT2D eigenvalue weighted by molar-refractivity contribution is -0.144. The number of esters is 3. The maximum atomic E-state index is 12.8. The highest BCUT2D eigenvalue weighted by Gasteiger charge is 2.13. The van der Waals surface area contributed by atoms with Crippen LogP contribution in [0.5, 0.6) is 11.5 Å². The third-order valence-electron chi connectivity index (χ3n) is 5.58. The molecule has 0 fully saturated rings. The van der Waals surface area contributed by atoms with Gasteiger partial charge in [-0.2, -0.15) is 0 Å². The van der Waals surface area contributed by atoms with Crippen molar-refractivity contribution < 1.29 is 42.9 Å². The largest absolute Gasteiger partial charge is 0.493 e. The average Bonchev–Trinajstić information content (AvgIpc) is 3.00. The molecule has 0 saturated heterocycles. The van der Waals surface area contributed by atoms with E-state index in [1.54, 1.807) is 36.4 Å². The zero-order chi connectivity index (χ0) is 30.3. The summed E-state index contributed by atoms with van der Waals surface area (Å²) in [5.74, 6) is -0.625. The van der Waals surface area contributed by atoms with E-state index in [9.17, 15) is 19.2 Å². The predicted octanol–water partition coefficient (Wildman–Crippen LogP) is 5.78. The fraction of sp³-hybridized carbons (Fsp3) is 0.188. The van der Waals surface area contributed by atoms with E-state index in [1.165, 1.54) is 7.11 Å². The van der Waals surface area contributed by atoms with Crippen LogP contribution in [0, 0.1) is 0 Å². The van der Waals surface area contributed by atoms with Gasteiger partial charge in [0.15, 0.2) is 6.61 Å². The molecule has 0 heterocycles. The molecule has 3 rings (SSSR count). The number of carbonyl (C=O) groups excluding carboxylic acids is 4. The van der Waals surface area contributed by atoms with Crippen molar-refractivity contribution in [2.45, 2.75) is 17.7 Å². The number of benzene rings is 3. The molecule has 0 aliphatic carbocycles. The van der Waals surface area contributed by atoms with Gasteiger partial charge in [-0.3, -0.25) is 9.59 Å². The van der Waals surface area contributed by atoms with E-state index in [2.05, 4.69) is 22.6 Å². The molecule has 42 heavy (non-hydrogen) atoms. The van der Waals surface area contributed by atoms with Gasteiger partial charge in [0, 0.05) is 22.5 Å². The van der Waals surface area contributed by atoms with Gasteiger partial charge in [-0.15, -0.1) is 0 Å². The fourth-order valence-corrected chi connectivity index (χ4v) is 4.16. The highest BCUT2D eigenvalue weighted by molar-refractivity contribution is 8.14. The number of rotatable bonds is 15. The quantitative estimate of drug-likeness (QED) is 0.0539. The molecule has 0 unspecified atom stereocenters. The molecular weight excluding hydrogens is 560 g/mol. The number of carbonyl (C=O) groups is 4. The number of methoxy groups -OCH3 is 1. The first-order valence-electron chi connectivity index (χ1n) is 12.8. The minimum atomic E-state index is -0.652. The van der Waals surface area contributed by atoms with Crippen LogP contribution in [0.2, 0.25) is 0 Å². The van der Waals surface area contributed by atoms with Crippen LogP contribution in [0.15, 0.2) is 103 Å². The van der Waals surface area contributed by atoms with Gasteiger partial charge in [0.1, 0.15) is 11.5 Å². The van der Waals surface area contributed by atoms with Gasteiger partial charge in [-0.1, -0.05) is 37.4 Å². The number of thioether (sulfide) groups is 1. The zero-order valence-electron chi connectivity index (χ0n) is 23.0. The van der Waals surface area contributed by atoms with E-state index in [1.807, 2.05) is 36.4 Å². The lowest BCUT2D eigenvalue weighted by Crippen LogP contribution is -2.13. The van der Waals surface area contributed by atoms with Gasteiger partial charge in [0.05, 0.1) is 33.0 Å². The molecule has 10 heteroatoms. The Kier molecular flexibility index (Phi) is 12.4. The zero-order valence-corrected chi connectivity index (χ0v) is 23.9. The van der Waals surface area contributed by atoms with Crippen molar-refractivity contribution in [2.24, 2.45) is 0 Å². The van der Waals surface area contributed by atoms with Gasteiger partial charge in [0.2, 0.25) is 5.12 Å². The van der Waals surface area contributed by atoms with E-state index in [4.69, 9.17) is 14.2 Å². The molecule has 0 aromatic heterocycles. The summed E-state index contributed by atoms with van der Waals surface area (Å²) < 4.78 is 25.2. The fourth-order valence-electron chi connectivity index (χ4n) is 3.42. The molecule has 0 aliphatic rings. The molecule has 0 bridgehead atoms. The van der Waals surface area contributed by atoms with E-state index in [-0.39, 0.29) is 30.3 Å². The van der Waals surface area contributed by atoms with Crippen LogP contribution in [-0.2, 0) is 28.6 Å². The third kappa shape index (κ3) is 10.3. The van der Waals surface area contributed by atoms with Crippen molar-refractivity contribution in [1.29, 1.82) is 0 Å². The minimum absolute atomic E-state index is 0.0280. The topological polar surface area (TPSA) is 114 Å². The van der Waals surface area contributed by atoms with E-state index in [0.717, 1.165) is 34.0 Å². The van der Waals surface area contributed by atoms with Gasteiger partial charge >= 0.3 is 17.9 Å². The van der Waals surface area contributed by atoms with E-state index >= 15 is 0 Å². The summed E-state index contributed by atoms with van der Waals surface area (Å²) in [7, 11) is 1.23. The molecule has 0 spiro atoms. The molecule has 0 atom stereocenters. The van der Waals surface area contributed by atoms with Crippen molar-refractivity contribution in [1.82, 2.24) is 0 Å². The number of ether oxygens (including phenoxy) is 5. The highest BCUT2D eigenvalue weighted by Crippen LogP contribution is 2.28. The maximum absolute atomic E-state index is 12.8. The van der Waals surface area contributed by atoms with E-state index in [0.29, 0.717) is 30.1 Å². The predicted molar refractivity (Wildman–Crippen MR) is 157 cm³/mol. The summed E-state index contributed by atoms with van der Waals surface area (Å²) in [6, 6.07) is 21.7. The average molecular weight is 591 g/mol. The van der Waals surface area contributed by atoms with Crippen LogP contribution in [-0.4, -0.2) is 50.0 Å². The molecule has 0 aliphatic heterocycles. The Labute approximate surface area is 248 Å².